The van der Waals surface area contributed by atoms with Gasteiger partial charge in [0.15, 0.2) is 0 Å². The first-order chi connectivity index (χ1) is 68.2. The summed E-state index contributed by atoms with van der Waals surface area (Å²) in [6.45, 7) is 23.5. The van der Waals surface area contributed by atoms with E-state index in [1.54, 1.807) is 94.8 Å². The van der Waals surface area contributed by atoms with Crippen LogP contribution in [0.15, 0.2) is 0 Å². The lowest BCUT2D eigenvalue weighted by Gasteiger charge is -2.35. The number of carbonyl (C=O) groups excluding carboxylic acids is 14. The van der Waals surface area contributed by atoms with E-state index in [-0.39, 0.29) is 110 Å². The van der Waals surface area contributed by atoms with Crippen molar-refractivity contribution < 1.29 is 140 Å². The first-order valence-electron chi connectivity index (χ1n) is 46.7. The minimum atomic E-state index is -1.32. The zero-order chi connectivity index (χ0) is 111. The van der Waals surface area contributed by atoms with Crippen LogP contribution in [0.25, 0.3) is 0 Å². The molecule has 0 aromatic carbocycles. The molecule has 3 saturated carbocycles. The van der Waals surface area contributed by atoms with Crippen LogP contribution in [-0.4, -0.2) is 371 Å². The van der Waals surface area contributed by atoms with E-state index in [0.717, 1.165) is 121 Å². The number of aliphatic carboxylic acids is 5. The van der Waals surface area contributed by atoms with Crippen LogP contribution < -0.4 is 80.6 Å². The highest BCUT2D eigenvalue weighted by molar-refractivity contribution is 8.77. The molecule has 11 amide bonds. The standard InChI is InChI=1S/C29H48N6O9P2S4.C25H46N4O7S4.C16H28N2O8S2.C8H18N2S2.C7H11NO4P/c1-30-8-10-47-22-2-3-23(22)48-11-9-31-28(42)20(34-26(40)6-4-24(38)32-12-18(36)14-45)16-49-50-17-21(29(43)44)35-27(41)7-5-25(39)33-13-19(37)15-46;1-24(2,3)35-22(33)28-16(14-39-40-15-17(21(31)32)29-23(34)36-25(4,5)6)20(30)27-11-13-38-19-9-8-18(19)37-12-10-26-7;1-15(2,3)25-13(23)17-9(11(19)20)7-27-28-8-10(12(21)22)18-14(24)26-16(4,5)6;9-3-5-11-7-1-2-8(7)12-6-4-10;9-5(4-13)3-8-6(10)1-2-7(11)12/h14-15,20-23,30H,2-13,16-17,45-46H2,1H3,(H,31,42)(H,32,38)(H,33,39)(H,34,40)(H,35,41)(H,43,44);16-19,26H,8-15H2,1-7H3,(H,27,30)(H,28,33)(H,29,34)(H,31,32);9-10H,7-8H2,1-6H3,(H,17,23)(H,18,24)(H,19,20)(H,21,22);7-8H,1-6,9-10H2;4H,1-3,13H2,(H,8,10)(H,11,12)/q-2;;;;-1/i14T,15T;;;;4T. The number of thioether (sulfide) groups is 6. The average molecular weight is 2310 g/mol. The largest absolute Gasteiger partial charge is 0.481 e. The Hall–Kier alpha value is -5.33. The van der Waals surface area contributed by atoms with Crippen LogP contribution in [-0.2, 0) is 90.9 Å². The third kappa shape index (κ3) is 77.6. The van der Waals surface area contributed by atoms with E-state index >= 15 is 0 Å². The normalized spacial score (nSPS) is 17.0. The predicted octanol–water partition coefficient (Wildman–Crippen LogP) is 6.13. The van der Waals surface area contributed by atoms with Gasteiger partial charge in [-0.25, -0.2) is 38.4 Å². The van der Waals surface area contributed by atoms with Crippen molar-refractivity contribution >= 4 is 276 Å². The third-order valence-electron chi connectivity index (χ3n) is 17.6. The molecule has 0 aromatic heterocycles. The maximum atomic E-state index is 13.1. The summed E-state index contributed by atoms with van der Waals surface area (Å²) in [5.41, 5.74) is 7.89. The number of rotatable bonds is 67. The molecule has 0 aromatic rings. The molecular weight excluding hydrogens is 2160 g/mol. The fourth-order valence-corrected chi connectivity index (χ4v) is 26.0. The number of carbonyl (C=O) groups is 19. The predicted molar refractivity (Wildman–Crippen MR) is 590 cm³/mol. The third-order valence-corrected chi connectivity index (χ3v) is 35.1. The first kappa shape index (κ1) is 134. The van der Waals surface area contributed by atoms with Gasteiger partial charge in [0.1, 0.15) is 58.7 Å². The Balaban J connectivity index is 0. The zero-order valence-corrected chi connectivity index (χ0v) is 96.4. The Morgan fingerprint density at radius 2 is 0.531 bits per heavy atom. The maximum absolute atomic E-state index is 13.1. The van der Waals surface area contributed by atoms with Crippen molar-refractivity contribution in [2.24, 2.45) is 11.5 Å². The quantitative estimate of drug-likeness (QED) is 0.0107. The Bertz CT molecular complexity index is 3960. The Labute approximate surface area is 900 Å². The summed E-state index contributed by atoms with van der Waals surface area (Å²) >= 11 is 11.7. The topological polar surface area (TPSA) is 671 Å². The number of Topliss-reactive ketones (excluding diaryl/α,β-unsaturated/α-hetero) is 3. The van der Waals surface area contributed by atoms with Crippen molar-refractivity contribution in [2.45, 2.75) is 250 Å². The van der Waals surface area contributed by atoms with Crippen molar-refractivity contribution in [1.29, 1.82) is 0 Å². The van der Waals surface area contributed by atoms with E-state index < -0.39 is 172 Å². The summed E-state index contributed by atoms with van der Waals surface area (Å²) in [5, 5.41) is 83.0. The molecule has 0 heterocycles. The second kappa shape index (κ2) is 80.6. The minimum absolute atomic E-state index is 0.0297. The summed E-state index contributed by atoms with van der Waals surface area (Å²) in [5.74, 6) is -5.71. The summed E-state index contributed by atoms with van der Waals surface area (Å²) in [7, 11) is 16.2. The molecule has 3 fully saturated rings. The number of carboxylic acid groups (broad SMARTS) is 5. The van der Waals surface area contributed by atoms with Crippen LogP contribution in [0.3, 0.4) is 0 Å². The van der Waals surface area contributed by atoms with Gasteiger partial charge in [0.25, 0.3) is 0 Å². The molecule has 43 nitrogen and oxygen atoms in total. The lowest BCUT2D eigenvalue weighted by Crippen LogP contribution is -2.50. The molecule has 0 aliphatic heterocycles. The van der Waals surface area contributed by atoms with E-state index in [1.165, 1.54) is 47.3 Å². The Morgan fingerprint density at radius 3 is 0.755 bits per heavy atom. The van der Waals surface area contributed by atoms with Gasteiger partial charge >= 0.3 is 54.2 Å². The molecule has 3 aliphatic carbocycles. The molecule has 0 radical (unpaired) electrons. The highest BCUT2D eigenvalue weighted by atomic mass is 33.1. The van der Waals surface area contributed by atoms with Crippen molar-refractivity contribution in [3.05, 3.63) is 18.4 Å². The van der Waals surface area contributed by atoms with Gasteiger partial charge in [0, 0.05) is 209 Å². The van der Waals surface area contributed by atoms with E-state index in [9.17, 15) is 112 Å². The molecule has 824 valence electrons. The number of nitrogens with two attached hydrogens (primary N) is 2. The highest BCUT2D eigenvalue weighted by Gasteiger charge is 2.36. The second-order valence-electron chi connectivity index (χ2n) is 34.6. The number of nitrogens with one attached hydrogen (secondary N) is 13. The minimum Gasteiger partial charge on any atom is -0.481 e. The van der Waals surface area contributed by atoms with Crippen molar-refractivity contribution in [3.63, 3.8) is 0 Å². The van der Waals surface area contributed by atoms with Crippen molar-refractivity contribution in [1.82, 2.24) is 69.1 Å². The molecule has 0 bridgehead atoms. The molecule has 0 spiro atoms. The van der Waals surface area contributed by atoms with Crippen LogP contribution in [0, 0.1) is 18.4 Å². The molecule has 3 aliphatic rings. The van der Waals surface area contributed by atoms with Crippen molar-refractivity contribution in [3.8, 4) is 0 Å². The fourth-order valence-electron chi connectivity index (χ4n) is 10.3. The van der Waals surface area contributed by atoms with Crippen LogP contribution in [0.5, 0.6) is 0 Å². The van der Waals surface area contributed by atoms with Crippen molar-refractivity contribution in [2.75, 3.05) is 142 Å². The number of carboxylic acids is 5. The Kier molecular flexibility index (Phi) is 75.4. The van der Waals surface area contributed by atoms with E-state index in [0.29, 0.717) is 39.8 Å². The fraction of sp³-hybridized carbons (Fsp3) is 0.741. The number of ether oxygens (including phenoxy) is 4. The molecule has 15 unspecified atom stereocenters. The second-order valence-corrected chi connectivity index (χ2v) is 51.2. The Morgan fingerprint density at radius 1 is 0.322 bits per heavy atom. The number of hydrogen-bond donors (Lipinski definition) is 20. The summed E-state index contributed by atoms with van der Waals surface area (Å²) in [6.07, 6.45) is 1.80. The SMILES string of the molecule is CC(C)(C)OC(=O)NC(CSSCC(NC(=O)OC(C)(C)C)C(=O)O)C(=O)O.CNCCSC1CCC1SCCNC(=O)C(CSSCC(NC(=O)OC(C)(C)C)C(=O)O)NC(=O)OC(C)(C)C.NCCSC1CCC1SCCN.[3H][C-](P)C(=O)CNC(=O)CCC(=O)NC(CSSCC(NC(=O)CCC(=O)NCC(=O)[C-]([3H])P)C(=O)NCCSC1CCC1SCCNC)C(=O)O.[3H][C-](P)C(=O)CNC(=O)CCC(=O)O. The highest BCUT2D eigenvalue weighted by Crippen LogP contribution is 2.42. The molecule has 22 N–H and O–H groups in total. The van der Waals surface area contributed by atoms with Crippen LogP contribution in [0.2, 0.25) is 0 Å². The van der Waals surface area contributed by atoms with Crippen LogP contribution >= 0.6 is 163 Å². The molecular formula is C85H151N15O28P3S12-3. The monoisotopic (exact) mass is 2310 g/mol. The summed E-state index contributed by atoms with van der Waals surface area (Å²) in [6, 6.07) is -6.83. The van der Waals surface area contributed by atoms with E-state index in [4.69, 9.17) is 39.6 Å². The number of alkyl carbamates (subject to hydrolysis) is 4. The number of ketones is 3. The lowest BCUT2D eigenvalue weighted by molar-refractivity contribution is -0.141. The number of hydrogen-bond acceptors (Lipinski definition) is 39. The van der Waals surface area contributed by atoms with Crippen LogP contribution in [0.1, 0.15) is 164 Å². The van der Waals surface area contributed by atoms with Gasteiger partial charge in [-0.05, 0) is 136 Å². The molecule has 0 saturated heterocycles. The van der Waals surface area contributed by atoms with Gasteiger partial charge < -0.3 is 158 Å². The van der Waals surface area contributed by atoms with Gasteiger partial charge in [-0.1, -0.05) is 64.8 Å². The molecule has 58 heteroatoms. The lowest BCUT2D eigenvalue weighted by atomic mass is 9.99. The zero-order valence-electron chi connectivity index (χ0n) is 86.2. The van der Waals surface area contributed by atoms with Crippen LogP contribution in [0.4, 0.5) is 19.2 Å². The van der Waals surface area contributed by atoms with E-state index in [1.807, 2.05) is 101 Å². The first-order valence-corrected chi connectivity index (χ1v) is 60.7. The number of amides is 11. The summed E-state index contributed by atoms with van der Waals surface area (Å²) < 4.78 is 41.8. The van der Waals surface area contributed by atoms with Gasteiger partial charge in [-0.2, -0.15) is 74.7 Å². The molecule has 143 heavy (non-hydrogen) atoms. The molecule has 15 atom stereocenters. The summed E-state index contributed by atoms with van der Waals surface area (Å²) in [4.78, 5) is 223. The van der Waals surface area contributed by atoms with Gasteiger partial charge in [0.05, 0.1) is 6.42 Å². The maximum Gasteiger partial charge on any atom is 0.408 e. The van der Waals surface area contributed by atoms with Gasteiger partial charge in [-0.3, -0.25) is 66.1 Å². The average Bonchev–Trinajstić information content (AvgIpc) is 0.861. The van der Waals surface area contributed by atoms with Gasteiger partial charge in [-0.15, -0.1) is 0 Å². The smallest absolute Gasteiger partial charge is 0.408 e. The molecule has 3 rings (SSSR count). The van der Waals surface area contributed by atoms with E-state index in [2.05, 4.69) is 69.1 Å². The van der Waals surface area contributed by atoms with Gasteiger partial charge in [0.2, 0.25) is 41.4 Å².